The Morgan fingerprint density at radius 2 is 1.58 bits per heavy atom. The van der Waals surface area contributed by atoms with Crippen molar-refractivity contribution in [2.45, 2.75) is 37.5 Å². The highest BCUT2D eigenvalue weighted by Crippen LogP contribution is 2.34. The number of sulfonamides is 1. The molecule has 0 saturated carbocycles. The number of thioether (sulfide) groups is 1. The maximum absolute atomic E-state index is 13.8. The number of rotatable bonds is 7. The van der Waals surface area contributed by atoms with Crippen LogP contribution in [-0.4, -0.2) is 94.9 Å². The van der Waals surface area contributed by atoms with Crippen LogP contribution >= 0.6 is 11.8 Å². The predicted octanol–water partition coefficient (Wildman–Crippen LogP) is 5.13. The largest absolute Gasteiger partial charge is 0.373 e. The number of nitrogens with zero attached hydrogens (tertiary/aromatic N) is 6. The lowest BCUT2D eigenvalue weighted by atomic mass is 10.1. The topological polar surface area (TPSA) is 100 Å². The number of para-hydroxylation sites is 1. The van der Waals surface area contributed by atoms with Gasteiger partial charge in [-0.05, 0) is 61.5 Å². The van der Waals surface area contributed by atoms with E-state index in [4.69, 9.17) is 9.84 Å². The van der Waals surface area contributed by atoms with Crippen molar-refractivity contribution in [3.05, 3.63) is 107 Å². The minimum atomic E-state index is -3.77. The minimum absolute atomic E-state index is 0.192. The Bertz CT molecular complexity index is 1940. The molecule has 3 aliphatic rings. The van der Waals surface area contributed by atoms with E-state index in [2.05, 4.69) is 39.1 Å². The van der Waals surface area contributed by atoms with Crippen LogP contribution in [0.15, 0.2) is 106 Å². The van der Waals surface area contributed by atoms with Gasteiger partial charge in [-0.1, -0.05) is 60.7 Å². The van der Waals surface area contributed by atoms with E-state index in [1.807, 2.05) is 68.6 Å². The van der Waals surface area contributed by atoms with Crippen LogP contribution in [0.2, 0.25) is 0 Å². The molecule has 2 saturated heterocycles. The SMILES string of the molecule is CC1CN(S(=O)(=O)c2cccc(-c3nn(-c4ccccc4)cc3/C=C3\SC(N4CCN(Cc5ccccc5)CC4)=NC3=O)c2)CC(C)O1. The van der Waals surface area contributed by atoms with Crippen molar-refractivity contribution in [2.75, 3.05) is 39.3 Å². The molecule has 0 N–H and O–H groups in total. The van der Waals surface area contributed by atoms with E-state index >= 15 is 0 Å². The molecule has 2 fully saturated rings. The van der Waals surface area contributed by atoms with Crippen LogP contribution in [0.1, 0.15) is 25.0 Å². The van der Waals surface area contributed by atoms with E-state index in [1.54, 1.807) is 22.9 Å². The average molecular weight is 683 g/mol. The quantitative estimate of drug-likeness (QED) is 0.248. The molecule has 0 spiro atoms. The van der Waals surface area contributed by atoms with Gasteiger partial charge in [-0.2, -0.15) is 14.4 Å². The number of benzene rings is 3. The summed E-state index contributed by atoms with van der Waals surface area (Å²) in [5, 5.41) is 5.61. The Morgan fingerprint density at radius 3 is 2.29 bits per heavy atom. The maximum Gasteiger partial charge on any atom is 0.286 e. The van der Waals surface area contributed by atoms with Crippen molar-refractivity contribution < 1.29 is 17.9 Å². The Balaban J connectivity index is 1.14. The molecule has 3 aliphatic heterocycles. The highest BCUT2D eigenvalue weighted by Gasteiger charge is 2.33. The highest BCUT2D eigenvalue weighted by molar-refractivity contribution is 8.18. The summed E-state index contributed by atoms with van der Waals surface area (Å²) in [6.07, 6.45) is 3.30. The molecule has 1 aromatic heterocycles. The lowest BCUT2D eigenvalue weighted by molar-refractivity contribution is -0.113. The summed E-state index contributed by atoms with van der Waals surface area (Å²) in [7, 11) is -3.77. The van der Waals surface area contributed by atoms with Gasteiger partial charge in [0.1, 0.15) is 5.69 Å². The maximum atomic E-state index is 13.8. The molecule has 12 heteroatoms. The summed E-state index contributed by atoms with van der Waals surface area (Å²) in [4.78, 5) is 23.0. The lowest BCUT2D eigenvalue weighted by Crippen LogP contribution is -2.48. The van der Waals surface area contributed by atoms with Gasteiger partial charge in [-0.25, -0.2) is 13.1 Å². The smallest absolute Gasteiger partial charge is 0.286 e. The molecule has 3 aromatic carbocycles. The van der Waals surface area contributed by atoms with Crippen LogP contribution in [0.5, 0.6) is 0 Å². The predicted molar refractivity (Wildman–Crippen MR) is 189 cm³/mol. The fourth-order valence-corrected chi connectivity index (χ4v) is 8.92. The van der Waals surface area contributed by atoms with Crippen LogP contribution in [0.25, 0.3) is 23.0 Å². The molecule has 4 aromatic rings. The number of carbonyl (C=O) groups is 1. The summed E-state index contributed by atoms with van der Waals surface area (Å²) in [5.41, 5.74) is 4.04. The first kappa shape index (κ1) is 32.5. The van der Waals surface area contributed by atoms with Crippen LogP contribution < -0.4 is 0 Å². The van der Waals surface area contributed by atoms with E-state index in [-0.39, 0.29) is 23.0 Å². The van der Waals surface area contributed by atoms with Gasteiger partial charge in [-0.15, -0.1) is 0 Å². The molecule has 248 valence electrons. The Labute approximate surface area is 285 Å². The molecule has 0 aliphatic carbocycles. The van der Waals surface area contributed by atoms with Gasteiger partial charge >= 0.3 is 0 Å². The molecule has 7 rings (SSSR count). The molecule has 48 heavy (non-hydrogen) atoms. The van der Waals surface area contributed by atoms with Gasteiger partial charge in [0.15, 0.2) is 5.17 Å². The molecular formula is C36H38N6O4S2. The summed E-state index contributed by atoms with van der Waals surface area (Å²) in [6.45, 7) is 8.61. The monoisotopic (exact) mass is 682 g/mol. The first-order valence-corrected chi connectivity index (χ1v) is 18.4. The van der Waals surface area contributed by atoms with Gasteiger partial charge < -0.3 is 9.64 Å². The number of morpholine rings is 1. The average Bonchev–Trinajstić information content (AvgIpc) is 3.69. The number of amides is 1. The molecule has 2 unspecified atom stereocenters. The zero-order chi connectivity index (χ0) is 33.3. The fourth-order valence-electron chi connectivity index (χ4n) is 6.32. The highest BCUT2D eigenvalue weighted by atomic mass is 32.2. The third kappa shape index (κ3) is 7.03. The molecule has 0 radical (unpaired) electrons. The number of piperazine rings is 1. The van der Waals surface area contributed by atoms with E-state index < -0.39 is 10.0 Å². The van der Waals surface area contributed by atoms with Crippen LogP contribution in [0.3, 0.4) is 0 Å². The fraction of sp³-hybridized carbons (Fsp3) is 0.306. The third-order valence-electron chi connectivity index (χ3n) is 8.68. The van der Waals surface area contributed by atoms with Gasteiger partial charge in [0.05, 0.1) is 27.7 Å². The second-order valence-corrected chi connectivity index (χ2v) is 15.3. The second kappa shape index (κ2) is 13.8. The number of ether oxygens (including phenoxy) is 1. The van der Waals surface area contributed by atoms with E-state index in [0.717, 1.165) is 38.4 Å². The van der Waals surface area contributed by atoms with E-state index in [9.17, 15) is 13.2 Å². The van der Waals surface area contributed by atoms with Crippen molar-refractivity contribution in [1.82, 2.24) is 23.9 Å². The Hall–Kier alpha value is -4.07. The second-order valence-electron chi connectivity index (χ2n) is 12.4. The molecule has 1 amide bonds. The van der Waals surface area contributed by atoms with Gasteiger partial charge in [0.2, 0.25) is 10.0 Å². The lowest BCUT2D eigenvalue weighted by Gasteiger charge is -2.35. The third-order valence-corrected chi connectivity index (χ3v) is 11.6. The Kier molecular flexibility index (Phi) is 9.34. The summed E-state index contributed by atoms with van der Waals surface area (Å²) >= 11 is 1.38. The van der Waals surface area contributed by atoms with Gasteiger partial charge in [0.25, 0.3) is 5.91 Å². The molecule has 10 nitrogen and oxygen atoms in total. The van der Waals surface area contributed by atoms with Crippen molar-refractivity contribution in [3.8, 4) is 16.9 Å². The first-order chi connectivity index (χ1) is 23.2. The summed E-state index contributed by atoms with van der Waals surface area (Å²) < 4.78 is 36.5. The summed E-state index contributed by atoms with van der Waals surface area (Å²) in [6, 6.07) is 27.0. The number of aliphatic imine (C=N–C) groups is 1. The number of hydrogen-bond donors (Lipinski definition) is 0. The molecule has 0 bridgehead atoms. The minimum Gasteiger partial charge on any atom is -0.373 e. The van der Waals surface area contributed by atoms with Gasteiger partial charge in [0, 0.05) is 63.1 Å². The van der Waals surface area contributed by atoms with Crippen molar-refractivity contribution >= 4 is 38.9 Å². The van der Waals surface area contributed by atoms with Gasteiger partial charge in [-0.3, -0.25) is 9.69 Å². The van der Waals surface area contributed by atoms with Crippen LogP contribution in [0.4, 0.5) is 0 Å². The van der Waals surface area contributed by atoms with Crippen molar-refractivity contribution in [1.29, 1.82) is 0 Å². The number of aromatic nitrogens is 2. The first-order valence-electron chi connectivity index (χ1n) is 16.2. The summed E-state index contributed by atoms with van der Waals surface area (Å²) in [5.74, 6) is -0.285. The van der Waals surface area contributed by atoms with E-state index in [1.165, 1.54) is 21.6 Å². The number of amidine groups is 1. The number of hydrogen-bond acceptors (Lipinski definition) is 8. The molecule has 4 heterocycles. The standard InChI is InChI=1S/C36H38N6O4S2/c1-26-22-41(23-27(2)46-26)48(44,45)32-15-9-12-29(20-32)34-30(25-42(38-34)31-13-7-4-8-14-31)21-33-35(43)37-36(47-33)40-18-16-39(17-19-40)24-28-10-5-3-6-11-28/h3-15,20-21,25-27H,16-19,22-24H2,1-2H3/b33-21-. The van der Waals surface area contributed by atoms with Crippen LogP contribution in [0, 0.1) is 0 Å². The zero-order valence-corrected chi connectivity index (χ0v) is 28.6. The van der Waals surface area contributed by atoms with E-state index in [0.29, 0.717) is 40.0 Å². The number of carbonyl (C=O) groups excluding carboxylic acids is 1. The molecule has 2 atom stereocenters. The zero-order valence-electron chi connectivity index (χ0n) is 27.0. The van der Waals surface area contributed by atoms with Crippen LogP contribution in [-0.2, 0) is 26.1 Å². The normalized spacial score (nSPS) is 22.0. The van der Waals surface area contributed by atoms with Crippen molar-refractivity contribution in [3.63, 3.8) is 0 Å². The molecular weight excluding hydrogens is 645 g/mol. The van der Waals surface area contributed by atoms with Crippen molar-refractivity contribution in [2.24, 2.45) is 4.99 Å². The Morgan fingerprint density at radius 1 is 0.896 bits per heavy atom.